The number of nitrogens with zero attached hydrogens (tertiary/aromatic N) is 1. The molecule has 1 aromatic carbocycles. The number of anilines is 1. The summed E-state index contributed by atoms with van der Waals surface area (Å²) in [6, 6.07) is 6.34. The van der Waals surface area contributed by atoms with E-state index in [9.17, 15) is 4.79 Å². The second-order valence-electron chi connectivity index (χ2n) is 4.82. The van der Waals surface area contributed by atoms with Crippen LogP contribution in [0.1, 0.15) is 44.7 Å². The number of carbonyl (C=O) groups excluding carboxylic acids is 1. The predicted octanol–water partition coefficient (Wildman–Crippen LogP) is 3.28. The van der Waals surface area contributed by atoms with Crippen LogP contribution in [0.15, 0.2) is 18.2 Å². The number of amides is 1. The maximum absolute atomic E-state index is 12.5. The fourth-order valence-electron chi connectivity index (χ4n) is 3.13. The number of fused-ring (bicyclic) bond motifs is 1. The Morgan fingerprint density at radius 2 is 1.82 bits per heavy atom. The van der Waals surface area contributed by atoms with Crippen molar-refractivity contribution < 1.29 is 4.79 Å². The SMILES string of the molecule is CCc1cccc2c1N(C)C(=O)C2(CC)CC. The molecule has 0 aromatic heterocycles. The molecule has 1 aliphatic rings. The highest BCUT2D eigenvalue weighted by molar-refractivity contribution is 6.08. The summed E-state index contributed by atoms with van der Waals surface area (Å²) >= 11 is 0. The van der Waals surface area contributed by atoms with E-state index in [0.717, 1.165) is 24.9 Å². The van der Waals surface area contributed by atoms with Gasteiger partial charge in [0.2, 0.25) is 5.91 Å². The van der Waals surface area contributed by atoms with Gasteiger partial charge < -0.3 is 4.90 Å². The van der Waals surface area contributed by atoms with Crippen LogP contribution < -0.4 is 4.90 Å². The summed E-state index contributed by atoms with van der Waals surface area (Å²) in [5, 5.41) is 0. The predicted molar refractivity (Wildman–Crippen MR) is 71.5 cm³/mol. The van der Waals surface area contributed by atoms with Crippen LogP contribution in [0.5, 0.6) is 0 Å². The number of rotatable bonds is 3. The maximum Gasteiger partial charge on any atom is 0.237 e. The molecular weight excluding hydrogens is 210 g/mol. The minimum absolute atomic E-state index is 0.262. The second kappa shape index (κ2) is 4.17. The summed E-state index contributed by atoms with van der Waals surface area (Å²) < 4.78 is 0. The van der Waals surface area contributed by atoms with Gasteiger partial charge in [-0.3, -0.25) is 4.79 Å². The molecule has 0 fully saturated rings. The molecule has 0 bridgehead atoms. The summed E-state index contributed by atoms with van der Waals surface area (Å²) in [6.07, 6.45) is 2.74. The van der Waals surface area contributed by atoms with Gasteiger partial charge in [-0.25, -0.2) is 0 Å². The summed E-state index contributed by atoms with van der Waals surface area (Å²) in [7, 11) is 1.91. The molecule has 17 heavy (non-hydrogen) atoms. The Morgan fingerprint density at radius 1 is 1.18 bits per heavy atom. The van der Waals surface area contributed by atoms with Crippen molar-refractivity contribution in [2.24, 2.45) is 0 Å². The zero-order valence-corrected chi connectivity index (χ0v) is 11.2. The fraction of sp³-hybridized carbons (Fsp3) is 0.533. The third-order valence-electron chi connectivity index (χ3n) is 4.27. The van der Waals surface area contributed by atoms with E-state index in [4.69, 9.17) is 0 Å². The Kier molecular flexibility index (Phi) is 2.98. The van der Waals surface area contributed by atoms with Crippen molar-refractivity contribution in [3.63, 3.8) is 0 Å². The molecule has 92 valence electrons. The Bertz CT molecular complexity index is 446. The number of hydrogen-bond acceptors (Lipinski definition) is 1. The maximum atomic E-state index is 12.5. The molecule has 0 spiro atoms. The minimum atomic E-state index is -0.282. The second-order valence-corrected chi connectivity index (χ2v) is 4.82. The van der Waals surface area contributed by atoms with Crippen LogP contribution in [0.25, 0.3) is 0 Å². The number of benzene rings is 1. The van der Waals surface area contributed by atoms with Crippen LogP contribution >= 0.6 is 0 Å². The fourth-order valence-corrected chi connectivity index (χ4v) is 3.13. The van der Waals surface area contributed by atoms with Crippen molar-refractivity contribution in [2.75, 3.05) is 11.9 Å². The van der Waals surface area contributed by atoms with Gasteiger partial charge in [0.1, 0.15) is 0 Å². The molecule has 2 heteroatoms. The van der Waals surface area contributed by atoms with E-state index >= 15 is 0 Å². The van der Waals surface area contributed by atoms with Gasteiger partial charge in [-0.1, -0.05) is 39.0 Å². The third kappa shape index (κ3) is 1.43. The lowest BCUT2D eigenvalue weighted by atomic mass is 9.76. The van der Waals surface area contributed by atoms with Crippen LogP contribution in [0.4, 0.5) is 5.69 Å². The van der Waals surface area contributed by atoms with Gasteiger partial charge in [-0.15, -0.1) is 0 Å². The average Bonchev–Trinajstić information content (AvgIpc) is 2.60. The molecule has 0 N–H and O–H groups in total. The molecule has 1 heterocycles. The van der Waals surface area contributed by atoms with Gasteiger partial charge in [-0.2, -0.15) is 0 Å². The van der Waals surface area contributed by atoms with Crippen molar-refractivity contribution >= 4 is 11.6 Å². The molecule has 0 atom stereocenters. The van der Waals surface area contributed by atoms with E-state index in [1.165, 1.54) is 11.1 Å². The van der Waals surface area contributed by atoms with Crippen molar-refractivity contribution in [1.29, 1.82) is 0 Å². The van der Waals surface area contributed by atoms with E-state index in [2.05, 4.69) is 39.0 Å². The van der Waals surface area contributed by atoms with Crippen LogP contribution in [0, 0.1) is 0 Å². The number of likely N-dealkylation sites (N-methyl/N-ethyl adjacent to an activating group) is 1. The van der Waals surface area contributed by atoms with E-state index < -0.39 is 0 Å². The smallest absolute Gasteiger partial charge is 0.237 e. The Hall–Kier alpha value is -1.31. The Balaban J connectivity index is 2.70. The molecule has 1 aromatic rings. The molecular formula is C15H21NO. The normalized spacial score (nSPS) is 17.4. The molecule has 1 amide bonds. The Morgan fingerprint density at radius 3 is 2.35 bits per heavy atom. The number of para-hydroxylation sites is 1. The summed E-state index contributed by atoms with van der Waals surface area (Å²) in [6.45, 7) is 6.37. The molecule has 0 saturated heterocycles. The zero-order valence-electron chi connectivity index (χ0n) is 11.2. The lowest BCUT2D eigenvalue weighted by Gasteiger charge is -2.24. The molecule has 0 unspecified atom stereocenters. The highest BCUT2D eigenvalue weighted by Gasteiger charge is 2.47. The zero-order chi connectivity index (χ0) is 12.6. The van der Waals surface area contributed by atoms with Gasteiger partial charge in [-0.05, 0) is 30.4 Å². The summed E-state index contributed by atoms with van der Waals surface area (Å²) in [5.41, 5.74) is 3.38. The molecule has 0 saturated carbocycles. The third-order valence-corrected chi connectivity index (χ3v) is 4.27. The quantitative estimate of drug-likeness (QED) is 0.781. The largest absolute Gasteiger partial charge is 0.314 e. The first-order valence-corrected chi connectivity index (χ1v) is 6.52. The van der Waals surface area contributed by atoms with Crippen molar-refractivity contribution in [3.8, 4) is 0 Å². The summed E-state index contributed by atoms with van der Waals surface area (Å²) in [4.78, 5) is 14.4. The van der Waals surface area contributed by atoms with Crippen molar-refractivity contribution in [3.05, 3.63) is 29.3 Å². The lowest BCUT2D eigenvalue weighted by Crippen LogP contribution is -2.37. The Labute approximate surface area is 104 Å². The molecule has 2 rings (SSSR count). The standard InChI is InChI=1S/C15H21NO/c1-5-11-9-8-10-12-13(11)16(4)14(17)15(12,6-2)7-3/h8-10H,5-7H2,1-4H3. The summed E-state index contributed by atoms with van der Waals surface area (Å²) in [5.74, 6) is 0.262. The molecule has 0 aliphatic carbocycles. The van der Waals surface area contributed by atoms with Gasteiger partial charge in [0.05, 0.1) is 11.1 Å². The van der Waals surface area contributed by atoms with Gasteiger partial charge in [0.25, 0.3) is 0 Å². The number of carbonyl (C=O) groups is 1. The van der Waals surface area contributed by atoms with Gasteiger partial charge in [0.15, 0.2) is 0 Å². The van der Waals surface area contributed by atoms with Crippen LogP contribution in [0.3, 0.4) is 0 Å². The average molecular weight is 231 g/mol. The molecule has 1 aliphatic heterocycles. The number of aryl methyl sites for hydroxylation is 1. The first-order chi connectivity index (χ1) is 8.12. The first kappa shape index (κ1) is 12.2. The molecule has 0 radical (unpaired) electrons. The van der Waals surface area contributed by atoms with Gasteiger partial charge in [0, 0.05) is 7.05 Å². The van der Waals surface area contributed by atoms with Crippen LogP contribution in [-0.2, 0) is 16.6 Å². The van der Waals surface area contributed by atoms with Gasteiger partial charge >= 0.3 is 0 Å². The van der Waals surface area contributed by atoms with E-state index in [1.807, 2.05) is 11.9 Å². The van der Waals surface area contributed by atoms with E-state index in [1.54, 1.807) is 0 Å². The van der Waals surface area contributed by atoms with Crippen molar-refractivity contribution in [1.82, 2.24) is 0 Å². The highest BCUT2D eigenvalue weighted by Crippen LogP contribution is 2.46. The molecule has 2 nitrogen and oxygen atoms in total. The number of hydrogen-bond donors (Lipinski definition) is 0. The van der Waals surface area contributed by atoms with E-state index in [0.29, 0.717) is 0 Å². The van der Waals surface area contributed by atoms with E-state index in [-0.39, 0.29) is 11.3 Å². The van der Waals surface area contributed by atoms with Crippen LogP contribution in [-0.4, -0.2) is 13.0 Å². The first-order valence-electron chi connectivity index (χ1n) is 6.52. The monoisotopic (exact) mass is 231 g/mol. The lowest BCUT2D eigenvalue weighted by molar-refractivity contribution is -0.123. The van der Waals surface area contributed by atoms with Crippen LogP contribution in [0.2, 0.25) is 0 Å². The minimum Gasteiger partial charge on any atom is -0.314 e. The highest BCUT2D eigenvalue weighted by atomic mass is 16.2. The topological polar surface area (TPSA) is 20.3 Å². The van der Waals surface area contributed by atoms with Crippen molar-refractivity contribution in [2.45, 2.75) is 45.4 Å².